The van der Waals surface area contributed by atoms with Crippen LogP contribution in [0.25, 0.3) is 0 Å². The van der Waals surface area contributed by atoms with Crippen molar-refractivity contribution < 1.29 is 13.7 Å². The van der Waals surface area contributed by atoms with Crippen molar-refractivity contribution in [2.75, 3.05) is 5.32 Å². The summed E-state index contributed by atoms with van der Waals surface area (Å²) in [5, 5.41) is 13.5. The average molecular weight is 333 g/mol. The van der Waals surface area contributed by atoms with E-state index in [4.69, 9.17) is 23.2 Å². The lowest BCUT2D eigenvalue weighted by molar-refractivity contribution is -0.387. The second kappa shape index (κ2) is 6.24. The highest BCUT2D eigenvalue weighted by Gasteiger charge is 2.14. The summed E-state index contributed by atoms with van der Waals surface area (Å²) in [6.07, 6.45) is 0. The standard InChI is InChI=1S/C13H8Cl2F2N2O2/c14-9-4-8(16)5-10(15)13(9)18-6-7-1-2-12(19(20)21)11(17)3-7/h1-5,18H,6H2. The fraction of sp³-hybridized carbons (Fsp3) is 0.0769. The molecule has 0 aliphatic carbocycles. The van der Waals surface area contributed by atoms with Gasteiger partial charge >= 0.3 is 5.69 Å². The minimum Gasteiger partial charge on any atom is -0.379 e. The van der Waals surface area contributed by atoms with Gasteiger partial charge in [0, 0.05) is 12.6 Å². The first-order valence-electron chi connectivity index (χ1n) is 5.69. The van der Waals surface area contributed by atoms with Gasteiger partial charge in [-0.1, -0.05) is 29.3 Å². The molecule has 2 aromatic carbocycles. The summed E-state index contributed by atoms with van der Waals surface area (Å²) in [7, 11) is 0. The maximum Gasteiger partial charge on any atom is 0.304 e. The number of nitro benzene ring substituents is 1. The van der Waals surface area contributed by atoms with Crippen LogP contribution >= 0.6 is 23.2 Å². The molecule has 0 aliphatic rings. The van der Waals surface area contributed by atoms with Crippen molar-refractivity contribution in [3.05, 3.63) is 67.7 Å². The Kier molecular flexibility index (Phi) is 4.59. The highest BCUT2D eigenvalue weighted by atomic mass is 35.5. The van der Waals surface area contributed by atoms with Crippen LogP contribution in [-0.2, 0) is 6.54 Å². The van der Waals surface area contributed by atoms with Crippen molar-refractivity contribution in [3.8, 4) is 0 Å². The maximum absolute atomic E-state index is 13.5. The first kappa shape index (κ1) is 15.5. The number of hydrogen-bond donors (Lipinski definition) is 1. The highest BCUT2D eigenvalue weighted by Crippen LogP contribution is 2.31. The number of nitrogens with one attached hydrogen (secondary N) is 1. The monoisotopic (exact) mass is 332 g/mol. The fourth-order valence-electron chi connectivity index (χ4n) is 1.71. The van der Waals surface area contributed by atoms with Crippen molar-refractivity contribution in [2.24, 2.45) is 0 Å². The number of nitrogens with zero attached hydrogens (tertiary/aromatic N) is 1. The summed E-state index contributed by atoms with van der Waals surface area (Å²) < 4.78 is 26.5. The van der Waals surface area contributed by atoms with Gasteiger partial charge in [0.2, 0.25) is 5.82 Å². The Morgan fingerprint density at radius 2 is 1.76 bits per heavy atom. The molecule has 21 heavy (non-hydrogen) atoms. The van der Waals surface area contributed by atoms with Crippen LogP contribution in [0.15, 0.2) is 30.3 Å². The molecule has 8 heteroatoms. The minimum absolute atomic E-state index is 0.0855. The number of halogens is 4. The molecule has 0 fully saturated rings. The SMILES string of the molecule is O=[N+]([O-])c1ccc(CNc2c(Cl)cc(F)cc2Cl)cc1F. The summed E-state index contributed by atoms with van der Waals surface area (Å²) in [6, 6.07) is 5.69. The van der Waals surface area contributed by atoms with Gasteiger partial charge < -0.3 is 5.32 Å². The van der Waals surface area contributed by atoms with E-state index >= 15 is 0 Å². The molecular formula is C13H8Cl2F2N2O2. The number of benzene rings is 2. The van der Waals surface area contributed by atoms with Crippen LogP contribution < -0.4 is 5.32 Å². The summed E-state index contributed by atoms with van der Waals surface area (Å²) in [5.74, 6) is -1.51. The Bertz CT molecular complexity index is 688. The molecule has 2 aromatic rings. The molecule has 0 heterocycles. The molecule has 4 nitrogen and oxygen atoms in total. The van der Waals surface area contributed by atoms with Crippen LogP contribution in [0.4, 0.5) is 20.2 Å². The van der Waals surface area contributed by atoms with Gasteiger partial charge in [0.1, 0.15) is 5.82 Å². The van der Waals surface area contributed by atoms with E-state index in [9.17, 15) is 18.9 Å². The van der Waals surface area contributed by atoms with Crippen molar-refractivity contribution in [3.63, 3.8) is 0 Å². The van der Waals surface area contributed by atoms with E-state index in [-0.39, 0.29) is 16.6 Å². The predicted octanol–water partition coefficient (Wildman–Crippen LogP) is 4.79. The van der Waals surface area contributed by atoms with E-state index in [0.717, 1.165) is 24.3 Å². The predicted molar refractivity (Wildman–Crippen MR) is 76.8 cm³/mol. The number of hydrogen-bond acceptors (Lipinski definition) is 3. The van der Waals surface area contributed by atoms with E-state index in [2.05, 4.69) is 5.32 Å². The van der Waals surface area contributed by atoms with E-state index in [0.29, 0.717) is 11.3 Å². The molecule has 0 aromatic heterocycles. The molecule has 0 atom stereocenters. The zero-order valence-electron chi connectivity index (χ0n) is 10.4. The zero-order chi connectivity index (χ0) is 15.6. The Hall–Kier alpha value is -1.92. The van der Waals surface area contributed by atoms with Crippen molar-refractivity contribution >= 4 is 34.6 Å². The van der Waals surface area contributed by atoms with Crippen LogP contribution in [0.1, 0.15) is 5.56 Å². The molecule has 0 saturated carbocycles. The smallest absolute Gasteiger partial charge is 0.304 e. The third-order valence-corrected chi connectivity index (χ3v) is 3.28. The average Bonchev–Trinajstić information content (AvgIpc) is 2.36. The van der Waals surface area contributed by atoms with Crippen LogP contribution in [0, 0.1) is 21.7 Å². The normalized spacial score (nSPS) is 10.5. The van der Waals surface area contributed by atoms with Crippen molar-refractivity contribution in [2.45, 2.75) is 6.54 Å². The van der Waals surface area contributed by atoms with Crippen LogP contribution in [0.5, 0.6) is 0 Å². The molecule has 0 unspecified atom stereocenters. The maximum atomic E-state index is 13.5. The van der Waals surface area contributed by atoms with Gasteiger partial charge in [0.25, 0.3) is 0 Å². The zero-order valence-corrected chi connectivity index (χ0v) is 11.9. The molecule has 0 radical (unpaired) electrons. The van der Waals surface area contributed by atoms with Crippen LogP contribution in [0.3, 0.4) is 0 Å². The molecule has 2 rings (SSSR count). The van der Waals surface area contributed by atoms with E-state index < -0.39 is 22.2 Å². The van der Waals surface area contributed by atoms with Gasteiger partial charge in [0.15, 0.2) is 0 Å². The fourth-order valence-corrected chi connectivity index (χ4v) is 2.30. The lowest BCUT2D eigenvalue weighted by atomic mass is 10.2. The highest BCUT2D eigenvalue weighted by molar-refractivity contribution is 6.39. The molecule has 0 bridgehead atoms. The number of nitro groups is 1. The van der Waals surface area contributed by atoms with Gasteiger partial charge in [-0.15, -0.1) is 0 Å². The molecule has 0 spiro atoms. The largest absolute Gasteiger partial charge is 0.379 e. The Morgan fingerprint density at radius 3 is 2.29 bits per heavy atom. The van der Waals surface area contributed by atoms with E-state index in [1.165, 1.54) is 6.07 Å². The van der Waals surface area contributed by atoms with Crippen LogP contribution in [0.2, 0.25) is 10.0 Å². The number of rotatable bonds is 4. The van der Waals surface area contributed by atoms with E-state index in [1.807, 2.05) is 0 Å². The van der Waals surface area contributed by atoms with Gasteiger partial charge in [-0.3, -0.25) is 10.1 Å². The summed E-state index contributed by atoms with van der Waals surface area (Å²) in [4.78, 5) is 9.71. The molecule has 0 amide bonds. The summed E-state index contributed by atoms with van der Waals surface area (Å²) in [5.41, 5.74) is 0.157. The first-order valence-corrected chi connectivity index (χ1v) is 6.45. The first-order chi connectivity index (χ1) is 9.88. The van der Waals surface area contributed by atoms with Gasteiger partial charge in [-0.05, 0) is 23.8 Å². The minimum atomic E-state index is -0.935. The molecule has 110 valence electrons. The third kappa shape index (κ3) is 3.59. The quantitative estimate of drug-likeness (QED) is 0.646. The lowest BCUT2D eigenvalue weighted by Gasteiger charge is -2.10. The van der Waals surface area contributed by atoms with Crippen LogP contribution in [-0.4, -0.2) is 4.92 Å². The van der Waals surface area contributed by atoms with Crippen molar-refractivity contribution in [1.82, 2.24) is 0 Å². The molecular weight excluding hydrogens is 325 g/mol. The molecule has 0 saturated heterocycles. The topological polar surface area (TPSA) is 55.2 Å². The second-order valence-corrected chi connectivity index (χ2v) is 4.96. The summed E-state index contributed by atoms with van der Waals surface area (Å²) in [6.45, 7) is 0.125. The molecule has 0 aliphatic heterocycles. The second-order valence-electron chi connectivity index (χ2n) is 4.14. The number of anilines is 1. The van der Waals surface area contributed by atoms with Gasteiger partial charge in [-0.2, -0.15) is 4.39 Å². The Morgan fingerprint density at radius 1 is 1.14 bits per heavy atom. The van der Waals surface area contributed by atoms with Gasteiger partial charge in [0.05, 0.1) is 20.7 Å². The van der Waals surface area contributed by atoms with Crippen molar-refractivity contribution in [1.29, 1.82) is 0 Å². The Balaban J connectivity index is 2.17. The van der Waals surface area contributed by atoms with Gasteiger partial charge in [-0.25, -0.2) is 4.39 Å². The summed E-state index contributed by atoms with van der Waals surface area (Å²) >= 11 is 11.7. The Labute approximate surface area is 128 Å². The third-order valence-electron chi connectivity index (χ3n) is 2.68. The molecule has 1 N–H and O–H groups in total. The lowest BCUT2D eigenvalue weighted by Crippen LogP contribution is -2.02. The van der Waals surface area contributed by atoms with E-state index in [1.54, 1.807) is 0 Å².